The van der Waals surface area contributed by atoms with Crippen LogP contribution in [0.15, 0.2) is 277 Å². The van der Waals surface area contributed by atoms with Gasteiger partial charge in [-0.3, -0.25) is 4.99 Å². The lowest BCUT2D eigenvalue weighted by molar-refractivity contribution is 0.418. The molecule has 2 heterocycles. The Morgan fingerprint density at radius 2 is 0.932 bits per heavy atom. The fraction of sp³-hybridized carbons (Fsp3) is 0.0725. The van der Waals surface area contributed by atoms with Crippen molar-refractivity contribution in [2.75, 3.05) is 13.6 Å². The van der Waals surface area contributed by atoms with Gasteiger partial charge in [0.15, 0.2) is 5.84 Å². The van der Waals surface area contributed by atoms with Crippen molar-refractivity contribution in [2.24, 2.45) is 9.98 Å². The van der Waals surface area contributed by atoms with Crippen LogP contribution in [-0.2, 0) is 12.0 Å². The van der Waals surface area contributed by atoms with Crippen LogP contribution in [0.3, 0.4) is 0 Å². The summed E-state index contributed by atoms with van der Waals surface area (Å²) in [6, 6.07) is 93.7. The Morgan fingerprint density at radius 3 is 1.53 bits per heavy atom. The lowest BCUT2D eigenvalue weighted by atomic mass is 9.78. The van der Waals surface area contributed by atoms with Gasteiger partial charge < -0.3 is 14.5 Å². The van der Waals surface area contributed by atoms with Crippen molar-refractivity contribution in [3.05, 3.63) is 289 Å². The van der Waals surface area contributed by atoms with Gasteiger partial charge in [0, 0.05) is 57.3 Å². The number of fused-ring (bicyclic) bond motifs is 6. The Kier molecular flexibility index (Phi) is 12.4. The van der Waals surface area contributed by atoms with Gasteiger partial charge in [-0.05, 0) is 82.3 Å². The molecule has 5 heteroatoms. The molecular formula is C69H55N5. The van der Waals surface area contributed by atoms with E-state index in [1.807, 2.05) is 25.2 Å². The van der Waals surface area contributed by atoms with Crippen LogP contribution in [0.4, 0.5) is 0 Å². The molecule has 12 aromatic rings. The van der Waals surface area contributed by atoms with Gasteiger partial charge >= 0.3 is 0 Å². The summed E-state index contributed by atoms with van der Waals surface area (Å²) in [6.07, 6.45) is 2.95. The number of benzene rings is 10. The van der Waals surface area contributed by atoms with Crippen molar-refractivity contribution < 1.29 is 0 Å². The number of aromatic nitrogens is 2. The van der Waals surface area contributed by atoms with Gasteiger partial charge in [-0.25, -0.2) is 4.99 Å². The van der Waals surface area contributed by atoms with E-state index in [1.54, 1.807) is 0 Å². The van der Waals surface area contributed by atoms with E-state index in [2.05, 4.69) is 270 Å². The molecule has 356 valence electrons. The van der Waals surface area contributed by atoms with Crippen LogP contribution in [0.5, 0.6) is 0 Å². The van der Waals surface area contributed by atoms with Crippen molar-refractivity contribution in [3.63, 3.8) is 0 Å². The normalized spacial score (nSPS) is 13.2. The fourth-order valence-electron chi connectivity index (χ4n) is 11.2. The summed E-state index contributed by atoms with van der Waals surface area (Å²) in [6.45, 7) is 2.54. The topological polar surface area (TPSA) is 46.6 Å². The van der Waals surface area contributed by atoms with Gasteiger partial charge in [-0.2, -0.15) is 0 Å². The van der Waals surface area contributed by atoms with Crippen molar-refractivity contribution in [2.45, 2.75) is 18.9 Å². The molecule has 1 atom stereocenters. The van der Waals surface area contributed by atoms with E-state index in [0.717, 1.165) is 50.3 Å². The average Bonchev–Trinajstić information content (AvgIpc) is 3.98. The first kappa shape index (κ1) is 45.8. The molecule has 0 spiro atoms. The number of hydrogen-bond donors (Lipinski definition) is 1. The Bertz CT molecular complexity index is 4000. The summed E-state index contributed by atoms with van der Waals surface area (Å²) in [5.41, 5.74) is 14.9. The molecule has 0 aliphatic heterocycles. The molecule has 0 aliphatic rings. The van der Waals surface area contributed by atoms with E-state index in [9.17, 15) is 0 Å². The van der Waals surface area contributed by atoms with E-state index < -0.39 is 5.54 Å². The van der Waals surface area contributed by atoms with Crippen molar-refractivity contribution in [1.82, 2.24) is 14.5 Å². The third-order valence-electron chi connectivity index (χ3n) is 14.6. The third-order valence-corrected chi connectivity index (χ3v) is 14.6. The Morgan fingerprint density at radius 1 is 0.446 bits per heavy atom. The molecule has 0 bridgehead atoms. The van der Waals surface area contributed by atoms with Gasteiger partial charge in [0.05, 0.1) is 28.6 Å². The van der Waals surface area contributed by atoms with Gasteiger partial charge in [-0.15, -0.1) is 0 Å². The number of allylic oxidation sites excluding steroid dienone is 1. The Balaban J connectivity index is 1.18. The molecule has 0 saturated heterocycles. The van der Waals surface area contributed by atoms with Crippen molar-refractivity contribution in [3.8, 4) is 27.9 Å². The molecule has 0 fully saturated rings. The highest BCUT2D eigenvalue weighted by molar-refractivity contribution is 6.19. The first-order valence-electron chi connectivity index (χ1n) is 25.5. The highest BCUT2D eigenvalue weighted by atomic mass is 15.1. The predicted octanol–water partition coefficient (Wildman–Crippen LogP) is 16.4. The van der Waals surface area contributed by atoms with E-state index >= 15 is 0 Å². The standard InChI is InChI=1S/C69H55N5/c1-3-62(54-43-41-53(42-44-54)51-25-11-5-12-26-51)69(47-49-37-39-52(40-38-49)50-23-9-4-10-24-50,48-71-68(56-29-15-7-16-30-56)72-67(70-2)55-27-13-6-14-28-55)74-64-36-22-20-34-59(64)61-45-60-58-33-19-21-35-63(58)73(65(60)46-66(61)74)57-31-17-8-18-32-57/h3-46H,47-48H2,1-2H3,(H,70,71,72)/b62-3-. The lowest BCUT2D eigenvalue weighted by Gasteiger charge is -2.39. The van der Waals surface area contributed by atoms with E-state index in [0.29, 0.717) is 18.8 Å². The number of rotatable bonds is 12. The molecule has 1 N–H and O–H groups in total. The summed E-state index contributed by atoms with van der Waals surface area (Å²) in [4.78, 5) is 11.3. The van der Waals surface area contributed by atoms with Gasteiger partial charge in [0.2, 0.25) is 0 Å². The number of hydrogen-bond acceptors (Lipinski definition) is 1. The molecule has 5 nitrogen and oxygen atoms in total. The zero-order valence-electron chi connectivity index (χ0n) is 41.6. The minimum Gasteiger partial charge on any atom is -0.373 e. The zero-order chi connectivity index (χ0) is 49.8. The molecule has 0 aliphatic carbocycles. The second kappa shape index (κ2) is 20.1. The molecule has 2 aromatic heterocycles. The monoisotopic (exact) mass is 953 g/mol. The maximum atomic E-state index is 5.85. The second-order valence-electron chi connectivity index (χ2n) is 18.9. The van der Waals surface area contributed by atoms with E-state index in [-0.39, 0.29) is 0 Å². The molecule has 12 rings (SSSR count). The Hall–Kier alpha value is -9.32. The second-order valence-corrected chi connectivity index (χ2v) is 18.9. The van der Waals surface area contributed by atoms with Crippen LogP contribution in [0, 0.1) is 0 Å². The Labute approximate surface area is 432 Å². The summed E-state index contributed by atoms with van der Waals surface area (Å²) >= 11 is 0. The number of nitrogens with one attached hydrogen (secondary N) is 1. The SMILES string of the molecule is C/C=C(/c1ccc(-c2ccccc2)cc1)C(C/N=C(\N=C(/NC)c1ccccc1)c1ccccc1)(Cc1ccc(-c2ccccc2)cc1)n1c2ccccc2c2cc3c4ccccc4n(-c4ccccc4)c3cc21. The van der Waals surface area contributed by atoms with Crippen molar-refractivity contribution in [1.29, 1.82) is 0 Å². The van der Waals surface area contributed by atoms with Crippen LogP contribution >= 0.6 is 0 Å². The quantitative estimate of drug-likeness (QED) is 0.0963. The van der Waals surface area contributed by atoms with Gasteiger partial charge in [0.25, 0.3) is 0 Å². The van der Waals surface area contributed by atoms with E-state index in [1.165, 1.54) is 54.9 Å². The molecule has 0 amide bonds. The molecule has 1 unspecified atom stereocenters. The summed E-state index contributed by atoms with van der Waals surface area (Å²) in [7, 11) is 1.93. The van der Waals surface area contributed by atoms with Crippen LogP contribution in [-0.4, -0.2) is 34.4 Å². The first-order chi connectivity index (χ1) is 36.6. The highest BCUT2D eigenvalue weighted by Gasteiger charge is 2.40. The lowest BCUT2D eigenvalue weighted by Crippen LogP contribution is -2.41. The summed E-state index contributed by atoms with van der Waals surface area (Å²) < 4.78 is 5.07. The summed E-state index contributed by atoms with van der Waals surface area (Å²) in [5, 5.41) is 8.23. The number of aliphatic imine (C=N–C) groups is 2. The van der Waals surface area contributed by atoms with Gasteiger partial charge in [-0.1, -0.05) is 231 Å². The molecule has 0 saturated carbocycles. The van der Waals surface area contributed by atoms with Crippen LogP contribution < -0.4 is 5.32 Å². The maximum Gasteiger partial charge on any atom is 0.157 e. The third kappa shape index (κ3) is 8.48. The summed E-state index contributed by atoms with van der Waals surface area (Å²) in [5.74, 6) is 1.39. The first-order valence-corrected chi connectivity index (χ1v) is 25.5. The highest BCUT2D eigenvalue weighted by Crippen LogP contribution is 2.47. The number of para-hydroxylation sites is 3. The van der Waals surface area contributed by atoms with Crippen molar-refractivity contribution >= 4 is 60.9 Å². The maximum absolute atomic E-state index is 5.85. The van der Waals surface area contributed by atoms with Crippen LogP contribution in [0.25, 0.3) is 77.1 Å². The van der Waals surface area contributed by atoms with Crippen LogP contribution in [0.2, 0.25) is 0 Å². The molecule has 10 aromatic carbocycles. The number of nitrogens with zero attached hydrogens (tertiary/aromatic N) is 4. The molecule has 0 radical (unpaired) electrons. The fourth-order valence-corrected chi connectivity index (χ4v) is 11.2. The minimum absolute atomic E-state index is 0.348. The minimum atomic E-state index is -0.849. The van der Waals surface area contributed by atoms with Crippen LogP contribution in [0.1, 0.15) is 29.2 Å². The zero-order valence-corrected chi connectivity index (χ0v) is 41.6. The van der Waals surface area contributed by atoms with E-state index in [4.69, 9.17) is 9.98 Å². The smallest absolute Gasteiger partial charge is 0.157 e. The predicted molar refractivity (Wildman–Crippen MR) is 313 cm³/mol. The average molecular weight is 954 g/mol. The molecular weight excluding hydrogens is 899 g/mol. The van der Waals surface area contributed by atoms with Gasteiger partial charge in [0.1, 0.15) is 5.84 Å². The molecule has 74 heavy (non-hydrogen) atoms. The number of amidine groups is 2. The largest absolute Gasteiger partial charge is 0.373 e.